The summed E-state index contributed by atoms with van der Waals surface area (Å²) in [7, 11) is 0. The predicted molar refractivity (Wildman–Crippen MR) is 85.6 cm³/mol. The Kier molecular flexibility index (Phi) is 5.21. The van der Waals surface area contributed by atoms with Crippen molar-refractivity contribution >= 4 is 17.5 Å². The standard InChI is InChI=1S/C17H20N2O2/c1-3-21-17(20)19-16-10-8-15(9-11-16)18-12-14-6-4-13(2)5-7-14/h4-11,18H,3,12H2,1-2H3,(H,19,20). The summed E-state index contributed by atoms with van der Waals surface area (Å²) in [6.07, 6.45) is -0.433. The number of rotatable bonds is 5. The van der Waals surface area contributed by atoms with Gasteiger partial charge in [0.2, 0.25) is 0 Å². The average Bonchev–Trinajstić information content (AvgIpc) is 2.48. The normalized spacial score (nSPS) is 10.0. The summed E-state index contributed by atoms with van der Waals surface area (Å²) >= 11 is 0. The first-order chi connectivity index (χ1) is 10.2. The molecule has 0 spiro atoms. The maximum absolute atomic E-state index is 11.3. The van der Waals surface area contributed by atoms with Gasteiger partial charge in [-0.25, -0.2) is 4.79 Å². The van der Waals surface area contributed by atoms with Gasteiger partial charge < -0.3 is 10.1 Å². The fraction of sp³-hybridized carbons (Fsp3) is 0.235. The first-order valence-electron chi connectivity index (χ1n) is 7.00. The molecule has 0 aliphatic heterocycles. The van der Waals surface area contributed by atoms with E-state index in [9.17, 15) is 4.79 Å². The lowest BCUT2D eigenvalue weighted by Crippen LogP contribution is -2.13. The van der Waals surface area contributed by atoms with Crippen LogP contribution in [0.2, 0.25) is 0 Å². The van der Waals surface area contributed by atoms with E-state index in [1.807, 2.05) is 24.3 Å². The molecule has 4 heteroatoms. The third-order valence-corrected chi connectivity index (χ3v) is 3.02. The highest BCUT2D eigenvalue weighted by Crippen LogP contribution is 2.15. The Hall–Kier alpha value is -2.49. The van der Waals surface area contributed by atoms with Crippen LogP contribution in [0.4, 0.5) is 16.2 Å². The van der Waals surface area contributed by atoms with Gasteiger partial charge in [0, 0.05) is 17.9 Å². The molecule has 2 N–H and O–H groups in total. The van der Waals surface area contributed by atoms with Crippen molar-refractivity contribution in [3.8, 4) is 0 Å². The van der Waals surface area contributed by atoms with Gasteiger partial charge in [0.25, 0.3) is 0 Å². The van der Waals surface area contributed by atoms with E-state index in [0.29, 0.717) is 12.3 Å². The minimum Gasteiger partial charge on any atom is -0.450 e. The van der Waals surface area contributed by atoms with Crippen LogP contribution in [-0.2, 0) is 11.3 Å². The Morgan fingerprint density at radius 3 is 2.24 bits per heavy atom. The lowest BCUT2D eigenvalue weighted by Gasteiger charge is -2.09. The Morgan fingerprint density at radius 1 is 1.00 bits per heavy atom. The maximum Gasteiger partial charge on any atom is 0.411 e. The molecule has 0 saturated heterocycles. The molecular weight excluding hydrogens is 264 g/mol. The van der Waals surface area contributed by atoms with Crippen LogP contribution < -0.4 is 10.6 Å². The Labute approximate surface area is 125 Å². The monoisotopic (exact) mass is 284 g/mol. The molecule has 0 aromatic heterocycles. The highest BCUT2D eigenvalue weighted by atomic mass is 16.5. The van der Waals surface area contributed by atoms with E-state index in [4.69, 9.17) is 4.74 Å². The summed E-state index contributed by atoms with van der Waals surface area (Å²) in [6.45, 7) is 4.98. The van der Waals surface area contributed by atoms with Crippen molar-refractivity contribution in [2.24, 2.45) is 0 Å². The third-order valence-electron chi connectivity index (χ3n) is 3.02. The summed E-state index contributed by atoms with van der Waals surface area (Å²) in [6, 6.07) is 16.0. The van der Waals surface area contributed by atoms with E-state index >= 15 is 0 Å². The molecule has 2 aromatic rings. The summed E-state index contributed by atoms with van der Waals surface area (Å²) < 4.78 is 4.83. The number of benzene rings is 2. The van der Waals surface area contributed by atoms with E-state index in [1.165, 1.54) is 11.1 Å². The van der Waals surface area contributed by atoms with Crippen molar-refractivity contribution in [3.63, 3.8) is 0 Å². The molecule has 4 nitrogen and oxygen atoms in total. The Morgan fingerprint density at radius 2 is 1.62 bits per heavy atom. The van der Waals surface area contributed by atoms with Crippen molar-refractivity contribution in [2.45, 2.75) is 20.4 Å². The van der Waals surface area contributed by atoms with Gasteiger partial charge in [-0.3, -0.25) is 5.32 Å². The zero-order valence-electron chi connectivity index (χ0n) is 12.3. The second-order valence-electron chi connectivity index (χ2n) is 4.76. The van der Waals surface area contributed by atoms with E-state index < -0.39 is 6.09 Å². The predicted octanol–water partition coefficient (Wildman–Crippen LogP) is 4.18. The molecule has 1 amide bonds. The van der Waals surface area contributed by atoms with Gasteiger partial charge in [-0.1, -0.05) is 29.8 Å². The average molecular weight is 284 g/mol. The van der Waals surface area contributed by atoms with E-state index in [0.717, 1.165) is 12.2 Å². The molecule has 0 atom stereocenters. The molecule has 0 saturated carbocycles. The fourth-order valence-corrected chi connectivity index (χ4v) is 1.87. The van der Waals surface area contributed by atoms with Gasteiger partial charge in [-0.15, -0.1) is 0 Å². The van der Waals surface area contributed by atoms with Gasteiger partial charge in [0.15, 0.2) is 0 Å². The largest absolute Gasteiger partial charge is 0.450 e. The SMILES string of the molecule is CCOC(=O)Nc1ccc(NCc2ccc(C)cc2)cc1. The highest BCUT2D eigenvalue weighted by Gasteiger charge is 2.01. The van der Waals surface area contributed by atoms with Gasteiger partial charge in [-0.2, -0.15) is 0 Å². The van der Waals surface area contributed by atoms with Gasteiger partial charge in [-0.05, 0) is 43.7 Å². The zero-order chi connectivity index (χ0) is 15.1. The zero-order valence-corrected chi connectivity index (χ0v) is 12.3. The molecule has 0 heterocycles. The van der Waals surface area contributed by atoms with Crippen molar-refractivity contribution in [3.05, 3.63) is 59.7 Å². The number of ether oxygens (including phenoxy) is 1. The summed E-state index contributed by atoms with van der Waals surface area (Å²) in [5.41, 5.74) is 4.21. The van der Waals surface area contributed by atoms with Gasteiger partial charge in [0.1, 0.15) is 0 Å². The second-order valence-corrected chi connectivity index (χ2v) is 4.76. The number of aryl methyl sites for hydroxylation is 1. The minimum absolute atomic E-state index is 0.363. The third kappa shape index (κ3) is 4.84. The quantitative estimate of drug-likeness (QED) is 0.866. The van der Waals surface area contributed by atoms with Crippen LogP contribution in [0.3, 0.4) is 0 Å². The molecule has 0 unspecified atom stereocenters. The molecule has 2 rings (SSSR count). The summed E-state index contributed by atoms with van der Waals surface area (Å²) in [5.74, 6) is 0. The van der Waals surface area contributed by atoms with E-state index in [-0.39, 0.29) is 0 Å². The smallest absolute Gasteiger partial charge is 0.411 e. The molecule has 0 radical (unpaired) electrons. The fourth-order valence-electron chi connectivity index (χ4n) is 1.87. The number of hydrogen-bond acceptors (Lipinski definition) is 3. The van der Waals surface area contributed by atoms with E-state index in [2.05, 4.69) is 41.8 Å². The van der Waals surface area contributed by atoms with Crippen LogP contribution in [0.15, 0.2) is 48.5 Å². The summed E-state index contributed by atoms with van der Waals surface area (Å²) in [4.78, 5) is 11.3. The molecule has 0 fully saturated rings. The first kappa shape index (κ1) is 14.9. The Bertz CT molecular complexity index is 577. The number of hydrogen-bond donors (Lipinski definition) is 2. The lowest BCUT2D eigenvalue weighted by atomic mass is 10.1. The van der Waals surface area contributed by atoms with Crippen molar-refractivity contribution < 1.29 is 9.53 Å². The molecular formula is C17H20N2O2. The maximum atomic E-state index is 11.3. The number of carbonyl (C=O) groups excluding carboxylic acids is 1. The van der Waals surface area contributed by atoms with Gasteiger partial charge in [0.05, 0.1) is 6.61 Å². The number of nitrogens with one attached hydrogen (secondary N) is 2. The first-order valence-corrected chi connectivity index (χ1v) is 7.00. The van der Waals surface area contributed by atoms with Gasteiger partial charge >= 0.3 is 6.09 Å². The molecule has 21 heavy (non-hydrogen) atoms. The topological polar surface area (TPSA) is 50.4 Å². The molecule has 0 aliphatic carbocycles. The molecule has 0 bridgehead atoms. The molecule has 0 aliphatic rings. The highest BCUT2D eigenvalue weighted by molar-refractivity contribution is 5.84. The minimum atomic E-state index is -0.433. The number of anilines is 2. The number of carbonyl (C=O) groups is 1. The van der Waals surface area contributed by atoms with Crippen LogP contribution in [0.5, 0.6) is 0 Å². The lowest BCUT2D eigenvalue weighted by molar-refractivity contribution is 0.168. The van der Waals surface area contributed by atoms with Crippen LogP contribution in [0.25, 0.3) is 0 Å². The number of amides is 1. The van der Waals surface area contributed by atoms with Crippen LogP contribution in [0.1, 0.15) is 18.1 Å². The van der Waals surface area contributed by atoms with Crippen LogP contribution >= 0.6 is 0 Å². The molecule has 110 valence electrons. The molecule has 2 aromatic carbocycles. The van der Waals surface area contributed by atoms with Crippen LogP contribution in [-0.4, -0.2) is 12.7 Å². The van der Waals surface area contributed by atoms with Crippen molar-refractivity contribution in [2.75, 3.05) is 17.2 Å². The van der Waals surface area contributed by atoms with Crippen LogP contribution in [0, 0.1) is 6.92 Å². The van der Waals surface area contributed by atoms with E-state index in [1.54, 1.807) is 6.92 Å². The summed E-state index contributed by atoms with van der Waals surface area (Å²) in [5, 5.41) is 6.00. The second kappa shape index (κ2) is 7.33. The Balaban J connectivity index is 1.87. The van der Waals surface area contributed by atoms with Crippen molar-refractivity contribution in [1.82, 2.24) is 0 Å². The van der Waals surface area contributed by atoms with Crippen molar-refractivity contribution in [1.29, 1.82) is 0 Å².